The van der Waals surface area contributed by atoms with E-state index in [0.717, 1.165) is 12.8 Å². The molecule has 1 fully saturated rings. The summed E-state index contributed by atoms with van der Waals surface area (Å²) in [5, 5.41) is 10.6. The van der Waals surface area contributed by atoms with E-state index in [4.69, 9.17) is 4.74 Å². The molecular formula is C11H17O4-. The van der Waals surface area contributed by atoms with Gasteiger partial charge in [0.15, 0.2) is 0 Å². The Bertz CT molecular complexity index is 229. The number of carbonyl (C=O) groups excluding carboxylic acids is 2. The monoisotopic (exact) mass is 213 g/mol. The molecule has 4 nitrogen and oxygen atoms in total. The number of carbonyl (C=O) groups is 2. The summed E-state index contributed by atoms with van der Waals surface area (Å²) in [5.41, 5.74) is 0. The van der Waals surface area contributed by atoms with Gasteiger partial charge in [-0.1, -0.05) is 6.92 Å². The summed E-state index contributed by atoms with van der Waals surface area (Å²) < 4.78 is 5.02. The number of carboxylic acids is 1. The van der Waals surface area contributed by atoms with E-state index in [2.05, 4.69) is 0 Å². The Morgan fingerprint density at radius 3 is 2.33 bits per heavy atom. The van der Waals surface area contributed by atoms with Crippen LogP contribution in [0.25, 0.3) is 0 Å². The van der Waals surface area contributed by atoms with Crippen molar-refractivity contribution in [1.82, 2.24) is 0 Å². The largest absolute Gasteiger partial charge is 0.550 e. The summed E-state index contributed by atoms with van der Waals surface area (Å²) in [7, 11) is 0. The predicted molar refractivity (Wildman–Crippen MR) is 51.7 cm³/mol. The van der Waals surface area contributed by atoms with Crippen LogP contribution in [0.1, 0.15) is 39.0 Å². The van der Waals surface area contributed by atoms with Crippen LogP contribution in [-0.2, 0) is 14.3 Å². The summed E-state index contributed by atoms with van der Waals surface area (Å²) in [6.07, 6.45) is 3.33. The highest BCUT2D eigenvalue weighted by atomic mass is 16.5. The van der Waals surface area contributed by atoms with E-state index in [0.29, 0.717) is 31.8 Å². The van der Waals surface area contributed by atoms with Crippen molar-refractivity contribution in [3.63, 3.8) is 0 Å². The molecule has 0 radical (unpaired) electrons. The Morgan fingerprint density at radius 2 is 1.87 bits per heavy atom. The fourth-order valence-electron chi connectivity index (χ4n) is 1.88. The van der Waals surface area contributed by atoms with Crippen LogP contribution in [0.15, 0.2) is 0 Å². The summed E-state index contributed by atoms with van der Waals surface area (Å²) in [4.78, 5) is 21.5. The first-order chi connectivity index (χ1) is 7.13. The van der Waals surface area contributed by atoms with Crippen molar-refractivity contribution in [2.75, 3.05) is 6.61 Å². The molecule has 0 amide bonds. The molecule has 0 unspecified atom stereocenters. The number of carboxylic acid groups (broad SMARTS) is 1. The third kappa shape index (κ3) is 3.90. The number of hydrogen-bond acceptors (Lipinski definition) is 4. The number of hydrogen-bond donors (Lipinski definition) is 0. The average molecular weight is 213 g/mol. The van der Waals surface area contributed by atoms with Crippen LogP contribution >= 0.6 is 0 Å². The Kier molecular flexibility index (Phi) is 4.59. The summed E-state index contributed by atoms with van der Waals surface area (Å²) in [6, 6.07) is 0. The van der Waals surface area contributed by atoms with Gasteiger partial charge in [-0.15, -0.1) is 0 Å². The molecule has 0 spiro atoms. The molecule has 0 heterocycles. The van der Waals surface area contributed by atoms with Gasteiger partial charge in [-0.3, -0.25) is 4.79 Å². The standard InChI is InChI=1S/C11H18O4/c1-2-10(12)15-7-8-3-5-9(6-4-8)11(13)14/h8-9H,2-7H2,1H3,(H,13,14)/p-1. The van der Waals surface area contributed by atoms with Gasteiger partial charge in [0.05, 0.1) is 6.61 Å². The van der Waals surface area contributed by atoms with Crippen LogP contribution in [0.2, 0.25) is 0 Å². The molecule has 0 aromatic rings. The van der Waals surface area contributed by atoms with E-state index in [9.17, 15) is 14.7 Å². The fraction of sp³-hybridized carbons (Fsp3) is 0.818. The second-order valence-electron chi connectivity index (χ2n) is 4.07. The minimum atomic E-state index is -0.945. The van der Waals surface area contributed by atoms with E-state index < -0.39 is 5.97 Å². The number of ether oxygens (including phenoxy) is 1. The first kappa shape index (κ1) is 12.0. The molecule has 0 bridgehead atoms. The molecule has 15 heavy (non-hydrogen) atoms. The lowest BCUT2D eigenvalue weighted by Gasteiger charge is -2.28. The third-order valence-electron chi connectivity index (χ3n) is 2.95. The molecule has 86 valence electrons. The van der Waals surface area contributed by atoms with Crippen molar-refractivity contribution in [2.24, 2.45) is 11.8 Å². The first-order valence-corrected chi connectivity index (χ1v) is 5.50. The van der Waals surface area contributed by atoms with E-state index in [1.54, 1.807) is 6.92 Å². The lowest BCUT2D eigenvalue weighted by molar-refractivity contribution is -0.312. The second-order valence-corrected chi connectivity index (χ2v) is 4.07. The van der Waals surface area contributed by atoms with Crippen molar-refractivity contribution >= 4 is 11.9 Å². The van der Waals surface area contributed by atoms with Gasteiger partial charge < -0.3 is 14.6 Å². The van der Waals surface area contributed by atoms with Crippen molar-refractivity contribution in [3.05, 3.63) is 0 Å². The second kappa shape index (κ2) is 5.73. The maximum Gasteiger partial charge on any atom is 0.305 e. The van der Waals surface area contributed by atoms with E-state index in [-0.39, 0.29) is 11.9 Å². The quantitative estimate of drug-likeness (QED) is 0.638. The molecule has 0 N–H and O–H groups in total. The zero-order valence-electron chi connectivity index (χ0n) is 9.03. The van der Waals surface area contributed by atoms with Crippen LogP contribution < -0.4 is 5.11 Å². The maximum atomic E-state index is 10.9. The molecule has 0 aromatic carbocycles. The van der Waals surface area contributed by atoms with Gasteiger partial charge in [-0.2, -0.15) is 0 Å². The van der Waals surface area contributed by atoms with Gasteiger partial charge in [0.1, 0.15) is 0 Å². The Morgan fingerprint density at radius 1 is 1.27 bits per heavy atom. The molecule has 0 saturated heterocycles. The Balaban J connectivity index is 2.20. The molecule has 0 atom stereocenters. The van der Waals surface area contributed by atoms with Crippen LogP contribution in [0, 0.1) is 11.8 Å². The van der Waals surface area contributed by atoms with Gasteiger partial charge in [0.25, 0.3) is 0 Å². The number of rotatable bonds is 4. The minimum Gasteiger partial charge on any atom is -0.550 e. The van der Waals surface area contributed by atoms with E-state index in [1.165, 1.54) is 0 Å². The van der Waals surface area contributed by atoms with Gasteiger partial charge >= 0.3 is 5.97 Å². The molecule has 1 saturated carbocycles. The van der Waals surface area contributed by atoms with Crippen molar-refractivity contribution in [3.8, 4) is 0 Å². The molecule has 1 aliphatic carbocycles. The van der Waals surface area contributed by atoms with Gasteiger partial charge in [-0.25, -0.2) is 0 Å². The van der Waals surface area contributed by atoms with Gasteiger partial charge in [-0.05, 0) is 37.5 Å². The van der Waals surface area contributed by atoms with E-state index in [1.807, 2.05) is 0 Å². The third-order valence-corrected chi connectivity index (χ3v) is 2.95. The zero-order chi connectivity index (χ0) is 11.3. The smallest absolute Gasteiger partial charge is 0.305 e. The fourth-order valence-corrected chi connectivity index (χ4v) is 1.88. The van der Waals surface area contributed by atoms with Crippen LogP contribution in [-0.4, -0.2) is 18.5 Å². The minimum absolute atomic E-state index is 0.183. The predicted octanol–water partition coefficient (Wildman–Crippen LogP) is 0.496. The lowest BCUT2D eigenvalue weighted by atomic mass is 9.82. The molecule has 0 aliphatic heterocycles. The summed E-state index contributed by atoms with van der Waals surface area (Å²) >= 11 is 0. The first-order valence-electron chi connectivity index (χ1n) is 5.50. The van der Waals surface area contributed by atoms with E-state index >= 15 is 0 Å². The Labute approximate surface area is 89.6 Å². The van der Waals surface area contributed by atoms with Crippen LogP contribution in [0.5, 0.6) is 0 Å². The molecule has 1 aliphatic rings. The average Bonchev–Trinajstić information content (AvgIpc) is 2.26. The Hall–Kier alpha value is -1.06. The van der Waals surface area contributed by atoms with Crippen molar-refractivity contribution in [1.29, 1.82) is 0 Å². The highest BCUT2D eigenvalue weighted by Gasteiger charge is 2.22. The van der Waals surface area contributed by atoms with Crippen molar-refractivity contribution in [2.45, 2.75) is 39.0 Å². The van der Waals surface area contributed by atoms with Crippen molar-refractivity contribution < 1.29 is 19.4 Å². The number of esters is 1. The summed E-state index contributed by atoms with van der Waals surface area (Å²) in [5.74, 6) is -1.10. The number of aliphatic carboxylic acids is 1. The molecule has 0 aromatic heterocycles. The highest BCUT2D eigenvalue weighted by Crippen LogP contribution is 2.28. The summed E-state index contributed by atoms with van der Waals surface area (Å²) in [6.45, 7) is 2.20. The molecule has 1 rings (SSSR count). The van der Waals surface area contributed by atoms with Crippen LogP contribution in [0.3, 0.4) is 0 Å². The zero-order valence-corrected chi connectivity index (χ0v) is 9.03. The SMILES string of the molecule is CCC(=O)OCC1CCC(C(=O)[O-])CC1. The van der Waals surface area contributed by atoms with Crippen LogP contribution in [0.4, 0.5) is 0 Å². The lowest BCUT2D eigenvalue weighted by Crippen LogP contribution is -2.34. The van der Waals surface area contributed by atoms with Gasteiger partial charge in [0.2, 0.25) is 0 Å². The highest BCUT2D eigenvalue weighted by molar-refractivity contribution is 5.69. The molecular weight excluding hydrogens is 196 g/mol. The normalized spacial score (nSPS) is 25.9. The molecule has 4 heteroatoms. The maximum absolute atomic E-state index is 10.9. The van der Waals surface area contributed by atoms with Gasteiger partial charge in [0, 0.05) is 12.4 Å². The topological polar surface area (TPSA) is 66.4 Å².